The monoisotopic (exact) mass is 185 g/mol. The molecule has 2 unspecified atom stereocenters. The highest BCUT2D eigenvalue weighted by Gasteiger charge is 2.48. The number of methoxy groups -OCH3 is 1. The van der Waals surface area contributed by atoms with Crippen LogP contribution in [0.4, 0.5) is 0 Å². The summed E-state index contributed by atoms with van der Waals surface area (Å²) in [7, 11) is 1.79. The maximum absolute atomic E-state index is 5.11. The lowest BCUT2D eigenvalue weighted by atomic mass is 10.0. The van der Waals surface area contributed by atoms with Gasteiger partial charge in [-0.3, -0.25) is 0 Å². The first kappa shape index (κ1) is 11.0. The van der Waals surface area contributed by atoms with Crippen molar-refractivity contribution in [1.82, 2.24) is 5.32 Å². The fraction of sp³-hybridized carbons (Fsp3) is 1.00. The molecule has 0 aliphatic heterocycles. The van der Waals surface area contributed by atoms with Gasteiger partial charge in [-0.1, -0.05) is 13.8 Å². The predicted molar refractivity (Wildman–Crippen MR) is 55.9 cm³/mol. The van der Waals surface area contributed by atoms with Crippen LogP contribution in [0.2, 0.25) is 0 Å². The van der Waals surface area contributed by atoms with Crippen molar-refractivity contribution < 1.29 is 4.74 Å². The third-order valence-corrected chi connectivity index (χ3v) is 3.23. The van der Waals surface area contributed by atoms with Gasteiger partial charge in [0.1, 0.15) is 0 Å². The molecule has 0 heterocycles. The molecule has 2 atom stereocenters. The Bertz CT molecular complexity index is 149. The molecule has 0 radical (unpaired) electrons. The molecular formula is C11H23NO. The molecule has 0 spiro atoms. The summed E-state index contributed by atoms with van der Waals surface area (Å²) in [6.45, 7) is 7.88. The van der Waals surface area contributed by atoms with E-state index < -0.39 is 0 Å². The summed E-state index contributed by atoms with van der Waals surface area (Å²) in [6.07, 6.45) is 3.84. The Morgan fingerprint density at radius 1 is 1.54 bits per heavy atom. The zero-order chi connectivity index (χ0) is 9.73. The van der Waals surface area contributed by atoms with E-state index in [1.807, 2.05) is 0 Å². The molecule has 1 saturated carbocycles. The molecular weight excluding hydrogens is 162 g/mol. The molecule has 0 bridgehead atoms. The molecule has 2 nitrogen and oxygen atoms in total. The van der Waals surface area contributed by atoms with E-state index in [0.717, 1.165) is 19.1 Å². The first-order valence-corrected chi connectivity index (χ1v) is 5.42. The van der Waals surface area contributed by atoms with Gasteiger partial charge in [-0.05, 0) is 43.7 Å². The topological polar surface area (TPSA) is 21.3 Å². The number of rotatable bonds is 7. The first-order chi connectivity index (χ1) is 6.23. The maximum Gasteiger partial charge on any atom is 0.0467 e. The molecule has 0 saturated heterocycles. The van der Waals surface area contributed by atoms with Crippen molar-refractivity contribution in [1.29, 1.82) is 0 Å². The standard InChI is InChI=1S/C11H23NO/c1-4-6-12-9-10-8-11(10,2)5-7-13-3/h10,12H,4-9H2,1-3H3. The lowest BCUT2D eigenvalue weighted by Crippen LogP contribution is -2.20. The highest BCUT2D eigenvalue weighted by atomic mass is 16.5. The SMILES string of the molecule is CCCNCC1CC1(C)CCOC. The summed E-state index contributed by atoms with van der Waals surface area (Å²) in [4.78, 5) is 0. The summed E-state index contributed by atoms with van der Waals surface area (Å²) in [5, 5.41) is 3.49. The van der Waals surface area contributed by atoms with Crippen LogP contribution in [0.25, 0.3) is 0 Å². The molecule has 0 aromatic heterocycles. The van der Waals surface area contributed by atoms with Gasteiger partial charge in [-0.25, -0.2) is 0 Å². The van der Waals surface area contributed by atoms with E-state index in [2.05, 4.69) is 19.2 Å². The van der Waals surface area contributed by atoms with Crippen LogP contribution in [0.3, 0.4) is 0 Å². The van der Waals surface area contributed by atoms with E-state index in [-0.39, 0.29) is 0 Å². The van der Waals surface area contributed by atoms with E-state index in [1.165, 1.54) is 25.8 Å². The summed E-state index contributed by atoms with van der Waals surface area (Å²) in [6, 6.07) is 0. The molecule has 1 rings (SSSR count). The van der Waals surface area contributed by atoms with Crippen molar-refractivity contribution in [3.05, 3.63) is 0 Å². The second-order valence-electron chi connectivity index (χ2n) is 4.50. The molecule has 0 aromatic rings. The van der Waals surface area contributed by atoms with Gasteiger partial charge in [0.15, 0.2) is 0 Å². The number of nitrogens with one attached hydrogen (secondary N) is 1. The van der Waals surface area contributed by atoms with E-state index in [0.29, 0.717) is 5.41 Å². The average molecular weight is 185 g/mol. The smallest absolute Gasteiger partial charge is 0.0467 e. The van der Waals surface area contributed by atoms with Crippen molar-refractivity contribution >= 4 is 0 Å². The van der Waals surface area contributed by atoms with Gasteiger partial charge >= 0.3 is 0 Å². The summed E-state index contributed by atoms with van der Waals surface area (Å²) < 4.78 is 5.11. The molecule has 0 aromatic carbocycles. The van der Waals surface area contributed by atoms with E-state index >= 15 is 0 Å². The van der Waals surface area contributed by atoms with Crippen LogP contribution < -0.4 is 5.32 Å². The Morgan fingerprint density at radius 2 is 2.31 bits per heavy atom. The van der Waals surface area contributed by atoms with Crippen molar-refractivity contribution in [3.63, 3.8) is 0 Å². The molecule has 1 aliphatic carbocycles. The van der Waals surface area contributed by atoms with Gasteiger partial charge in [0.25, 0.3) is 0 Å². The van der Waals surface area contributed by atoms with Crippen LogP contribution in [0.15, 0.2) is 0 Å². The average Bonchev–Trinajstić information content (AvgIpc) is 2.75. The highest BCUT2D eigenvalue weighted by Crippen LogP contribution is 2.54. The van der Waals surface area contributed by atoms with Crippen molar-refractivity contribution in [2.75, 3.05) is 26.8 Å². The van der Waals surface area contributed by atoms with Gasteiger partial charge in [-0.2, -0.15) is 0 Å². The zero-order valence-corrected chi connectivity index (χ0v) is 9.23. The van der Waals surface area contributed by atoms with Crippen LogP contribution in [0, 0.1) is 11.3 Å². The second kappa shape index (κ2) is 4.97. The minimum Gasteiger partial charge on any atom is -0.385 e. The van der Waals surface area contributed by atoms with E-state index in [1.54, 1.807) is 7.11 Å². The van der Waals surface area contributed by atoms with Crippen molar-refractivity contribution in [2.45, 2.75) is 33.1 Å². The molecule has 0 amide bonds. The number of hydrogen-bond acceptors (Lipinski definition) is 2. The zero-order valence-electron chi connectivity index (χ0n) is 9.23. The second-order valence-corrected chi connectivity index (χ2v) is 4.50. The minimum atomic E-state index is 0.580. The Hall–Kier alpha value is -0.0800. The van der Waals surface area contributed by atoms with Crippen LogP contribution in [0.1, 0.15) is 33.1 Å². The summed E-state index contributed by atoms with van der Waals surface area (Å²) >= 11 is 0. The van der Waals surface area contributed by atoms with Gasteiger partial charge < -0.3 is 10.1 Å². The van der Waals surface area contributed by atoms with Gasteiger partial charge in [-0.15, -0.1) is 0 Å². The Morgan fingerprint density at radius 3 is 2.92 bits per heavy atom. The number of hydrogen-bond donors (Lipinski definition) is 1. The van der Waals surface area contributed by atoms with Crippen LogP contribution in [-0.4, -0.2) is 26.8 Å². The summed E-state index contributed by atoms with van der Waals surface area (Å²) in [5.74, 6) is 0.897. The fourth-order valence-corrected chi connectivity index (χ4v) is 1.92. The molecule has 78 valence electrons. The van der Waals surface area contributed by atoms with E-state index in [9.17, 15) is 0 Å². The molecule has 1 fully saturated rings. The van der Waals surface area contributed by atoms with E-state index in [4.69, 9.17) is 4.74 Å². The minimum absolute atomic E-state index is 0.580. The van der Waals surface area contributed by atoms with Gasteiger partial charge in [0.05, 0.1) is 0 Å². The third kappa shape index (κ3) is 3.28. The molecule has 1 aliphatic rings. The maximum atomic E-state index is 5.11. The Labute approximate surface area is 82.0 Å². The predicted octanol–water partition coefficient (Wildman–Crippen LogP) is 2.05. The first-order valence-electron chi connectivity index (χ1n) is 5.42. The Balaban J connectivity index is 2.05. The molecule has 1 N–H and O–H groups in total. The molecule has 13 heavy (non-hydrogen) atoms. The lowest BCUT2D eigenvalue weighted by Gasteiger charge is -2.10. The highest BCUT2D eigenvalue weighted by molar-refractivity contribution is 4.99. The number of ether oxygens (including phenoxy) is 1. The third-order valence-electron chi connectivity index (χ3n) is 3.23. The Kier molecular flexibility index (Phi) is 4.20. The summed E-state index contributed by atoms with van der Waals surface area (Å²) in [5.41, 5.74) is 0.580. The van der Waals surface area contributed by atoms with Gasteiger partial charge in [0, 0.05) is 13.7 Å². The normalized spacial score (nSPS) is 32.1. The van der Waals surface area contributed by atoms with Crippen LogP contribution >= 0.6 is 0 Å². The fourth-order valence-electron chi connectivity index (χ4n) is 1.92. The molecule has 2 heteroatoms. The van der Waals surface area contributed by atoms with Crippen LogP contribution in [-0.2, 0) is 4.74 Å². The lowest BCUT2D eigenvalue weighted by molar-refractivity contribution is 0.172. The van der Waals surface area contributed by atoms with Crippen molar-refractivity contribution in [2.24, 2.45) is 11.3 Å². The van der Waals surface area contributed by atoms with Crippen LogP contribution in [0.5, 0.6) is 0 Å². The quantitative estimate of drug-likeness (QED) is 0.613. The van der Waals surface area contributed by atoms with Gasteiger partial charge in [0.2, 0.25) is 0 Å². The van der Waals surface area contributed by atoms with Crippen molar-refractivity contribution in [3.8, 4) is 0 Å². The largest absolute Gasteiger partial charge is 0.385 e.